The molecule has 1 aromatic carbocycles. The number of nitrogens with zero attached hydrogens (tertiary/aromatic N) is 1. The fourth-order valence-electron chi connectivity index (χ4n) is 2.15. The van der Waals surface area contributed by atoms with Crippen LogP contribution in [0.15, 0.2) is 29.2 Å². The topological polar surface area (TPSA) is 57.6 Å². The zero-order chi connectivity index (χ0) is 16.5. The summed E-state index contributed by atoms with van der Waals surface area (Å²) < 4.78 is 11.9. The normalized spacial score (nSPS) is 12.5. The summed E-state index contributed by atoms with van der Waals surface area (Å²) in [6, 6.07) is 5.84. The number of likely N-dealkylation sites (N-methyl/N-ethyl adjacent to an activating group) is 1. The summed E-state index contributed by atoms with van der Waals surface area (Å²) in [5.41, 5.74) is 1.91. The highest BCUT2D eigenvalue weighted by atomic mass is 32.2. The molecule has 1 rings (SSSR count). The average Bonchev–Trinajstić information content (AvgIpc) is 2.49. The van der Waals surface area contributed by atoms with Crippen molar-refractivity contribution in [1.29, 1.82) is 0 Å². The highest BCUT2D eigenvalue weighted by Crippen LogP contribution is 2.19. The lowest BCUT2D eigenvalue weighted by molar-refractivity contribution is -0.153. The first-order chi connectivity index (χ1) is 10.5. The third-order valence-electron chi connectivity index (χ3n) is 3.43. The van der Waals surface area contributed by atoms with Gasteiger partial charge < -0.3 is 0 Å². The minimum absolute atomic E-state index is 0.515. The minimum Gasteiger partial charge on any atom is -0.286 e. The van der Waals surface area contributed by atoms with Crippen LogP contribution in [-0.2, 0) is 22.0 Å². The molecule has 1 aromatic rings. The molecule has 1 amide bonds. The number of carbonyl (C=O) groups excluding carboxylic acids is 1. The number of rotatable bonds is 8. The summed E-state index contributed by atoms with van der Waals surface area (Å²) in [5, 5.41) is 9.55. The van der Waals surface area contributed by atoms with E-state index in [1.54, 1.807) is 12.3 Å². The van der Waals surface area contributed by atoms with Crippen molar-refractivity contribution in [1.82, 2.24) is 5.06 Å². The number of hydrogen-bond acceptors (Lipinski definition) is 3. The van der Waals surface area contributed by atoms with Crippen molar-refractivity contribution in [2.75, 3.05) is 13.3 Å². The predicted molar refractivity (Wildman–Crippen MR) is 90.2 cm³/mol. The first kappa shape index (κ1) is 18.6. The summed E-state index contributed by atoms with van der Waals surface area (Å²) in [5.74, 6) is -0.517. The van der Waals surface area contributed by atoms with Gasteiger partial charge in [-0.15, -0.1) is 0 Å². The lowest BCUT2D eigenvalue weighted by Gasteiger charge is -2.08. The Morgan fingerprint density at radius 2 is 2.05 bits per heavy atom. The molecule has 0 radical (unpaired) electrons. The molecule has 0 aromatic heterocycles. The Labute approximate surface area is 135 Å². The second-order valence-electron chi connectivity index (χ2n) is 5.33. The average molecular weight is 323 g/mol. The molecule has 0 aliphatic carbocycles. The number of unbranched alkanes of at least 4 members (excludes halogenated alkanes) is 3. The van der Waals surface area contributed by atoms with Crippen molar-refractivity contribution >= 4 is 22.8 Å². The molecule has 0 spiro atoms. The van der Waals surface area contributed by atoms with Gasteiger partial charge in [0.1, 0.15) is 0 Å². The smallest absolute Gasteiger partial charge is 0.269 e. The van der Waals surface area contributed by atoms with Crippen molar-refractivity contribution in [3.8, 4) is 0 Å². The van der Waals surface area contributed by atoms with Crippen LogP contribution in [0.1, 0.15) is 43.7 Å². The lowest BCUT2D eigenvalue weighted by Crippen LogP contribution is -2.19. The van der Waals surface area contributed by atoms with Gasteiger partial charge in [-0.3, -0.25) is 14.2 Å². The van der Waals surface area contributed by atoms with Crippen LogP contribution in [0.5, 0.6) is 0 Å². The fourth-order valence-corrected chi connectivity index (χ4v) is 2.93. The largest absolute Gasteiger partial charge is 0.286 e. The summed E-state index contributed by atoms with van der Waals surface area (Å²) in [7, 11) is 0.145. The van der Waals surface area contributed by atoms with E-state index in [-0.39, 0.29) is 0 Å². The summed E-state index contributed by atoms with van der Waals surface area (Å²) in [6.45, 7) is 2.19. The van der Waals surface area contributed by atoms with Crippen LogP contribution in [-0.4, -0.2) is 33.7 Å². The van der Waals surface area contributed by atoms with Crippen LogP contribution >= 0.6 is 0 Å². The maximum Gasteiger partial charge on any atom is 0.269 e. The third kappa shape index (κ3) is 6.12. The standard InChI is InChI=1S/C17H25NO3S/c1-4-5-6-7-8-14-9-10-15(16(13-14)22(3)21)11-12-17(19)18(2)20/h9-13,20H,4-8H2,1-3H3. The van der Waals surface area contributed by atoms with Crippen LogP contribution in [0.4, 0.5) is 0 Å². The SMILES string of the molecule is CCCCCCc1ccc(C=CC(=O)N(C)O)c(S(C)=O)c1. The van der Waals surface area contributed by atoms with Gasteiger partial charge in [0.2, 0.25) is 0 Å². The fraction of sp³-hybridized carbons (Fsp3) is 0.471. The van der Waals surface area contributed by atoms with E-state index >= 15 is 0 Å². The maximum absolute atomic E-state index is 11.9. The van der Waals surface area contributed by atoms with Crippen molar-refractivity contribution < 1.29 is 14.2 Å². The molecular weight excluding hydrogens is 298 g/mol. The van der Waals surface area contributed by atoms with Gasteiger partial charge in [-0.25, -0.2) is 5.06 Å². The van der Waals surface area contributed by atoms with Gasteiger partial charge in [-0.2, -0.15) is 0 Å². The Balaban J connectivity index is 2.86. The zero-order valence-electron chi connectivity index (χ0n) is 13.5. The predicted octanol–water partition coefficient (Wildman–Crippen LogP) is 3.41. The molecule has 0 fully saturated rings. The third-order valence-corrected chi connectivity index (χ3v) is 4.40. The Morgan fingerprint density at radius 3 is 2.64 bits per heavy atom. The second-order valence-corrected chi connectivity index (χ2v) is 6.68. The number of benzene rings is 1. The van der Waals surface area contributed by atoms with E-state index in [0.717, 1.165) is 23.3 Å². The number of carbonyl (C=O) groups is 1. The molecule has 5 heteroatoms. The van der Waals surface area contributed by atoms with Crippen LogP contribution < -0.4 is 0 Å². The molecule has 0 aliphatic rings. The molecule has 4 nitrogen and oxygen atoms in total. The first-order valence-corrected chi connectivity index (χ1v) is 9.12. The summed E-state index contributed by atoms with van der Waals surface area (Å²) in [6.07, 6.45) is 10.3. The highest BCUT2D eigenvalue weighted by molar-refractivity contribution is 7.84. The Bertz CT molecular complexity index is 553. The van der Waals surface area contributed by atoms with Gasteiger partial charge in [0, 0.05) is 24.3 Å². The quantitative estimate of drug-likeness (QED) is 0.345. The number of aryl methyl sites for hydroxylation is 1. The van der Waals surface area contributed by atoms with Crippen LogP contribution in [0.3, 0.4) is 0 Å². The van der Waals surface area contributed by atoms with Crippen LogP contribution in [0.25, 0.3) is 6.08 Å². The van der Waals surface area contributed by atoms with E-state index in [2.05, 4.69) is 6.92 Å². The maximum atomic E-state index is 11.9. The molecule has 0 aliphatic heterocycles. The van der Waals surface area contributed by atoms with E-state index in [1.807, 2.05) is 18.2 Å². The molecule has 1 N–H and O–H groups in total. The highest BCUT2D eigenvalue weighted by Gasteiger charge is 2.07. The summed E-state index contributed by atoms with van der Waals surface area (Å²) >= 11 is 0. The number of hydrogen-bond donors (Lipinski definition) is 1. The van der Waals surface area contributed by atoms with E-state index in [0.29, 0.717) is 5.06 Å². The molecule has 0 bridgehead atoms. The molecular formula is C17H25NO3S. The van der Waals surface area contributed by atoms with E-state index in [9.17, 15) is 9.00 Å². The van der Waals surface area contributed by atoms with Gasteiger partial charge in [0.25, 0.3) is 5.91 Å². The van der Waals surface area contributed by atoms with Crippen molar-refractivity contribution in [3.05, 3.63) is 35.4 Å². The van der Waals surface area contributed by atoms with E-state index in [1.165, 1.54) is 37.9 Å². The Kier molecular flexibility index (Phi) is 8.06. The molecule has 22 heavy (non-hydrogen) atoms. The van der Waals surface area contributed by atoms with Crippen molar-refractivity contribution in [3.63, 3.8) is 0 Å². The van der Waals surface area contributed by atoms with Crippen LogP contribution in [0.2, 0.25) is 0 Å². The summed E-state index contributed by atoms with van der Waals surface area (Å²) in [4.78, 5) is 12.1. The van der Waals surface area contributed by atoms with Gasteiger partial charge >= 0.3 is 0 Å². The molecule has 0 heterocycles. The molecule has 122 valence electrons. The van der Waals surface area contributed by atoms with Crippen molar-refractivity contribution in [2.24, 2.45) is 0 Å². The minimum atomic E-state index is -1.12. The van der Waals surface area contributed by atoms with Crippen LogP contribution in [0, 0.1) is 0 Å². The lowest BCUT2D eigenvalue weighted by atomic mass is 10.0. The van der Waals surface area contributed by atoms with Gasteiger partial charge in [-0.1, -0.05) is 38.3 Å². The van der Waals surface area contributed by atoms with Crippen molar-refractivity contribution in [2.45, 2.75) is 43.9 Å². The van der Waals surface area contributed by atoms with Gasteiger partial charge in [-0.05, 0) is 36.1 Å². The first-order valence-electron chi connectivity index (χ1n) is 7.56. The zero-order valence-corrected chi connectivity index (χ0v) is 14.4. The second kappa shape index (κ2) is 9.54. The molecule has 1 atom stereocenters. The number of hydroxylamine groups is 2. The molecule has 1 unspecified atom stereocenters. The number of amides is 1. The Morgan fingerprint density at radius 1 is 1.32 bits per heavy atom. The Hall–Kier alpha value is -1.46. The molecule has 0 saturated carbocycles. The van der Waals surface area contributed by atoms with Gasteiger partial charge in [0.05, 0.1) is 10.8 Å². The van der Waals surface area contributed by atoms with E-state index < -0.39 is 16.7 Å². The monoisotopic (exact) mass is 323 g/mol. The molecule has 0 saturated heterocycles. The van der Waals surface area contributed by atoms with Gasteiger partial charge in [0.15, 0.2) is 0 Å². The van der Waals surface area contributed by atoms with E-state index in [4.69, 9.17) is 5.21 Å².